The Kier molecular flexibility index (Phi) is 5.12. The number of carbonyl (C=O) groups is 1. The molecule has 1 amide bonds. The first-order chi connectivity index (χ1) is 10.2. The largest absolute Gasteiger partial charge is 0.507 e. The van der Waals surface area contributed by atoms with Gasteiger partial charge in [-0.05, 0) is 29.8 Å². The maximum absolute atomic E-state index is 11.8. The smallest absolute Gasteiger partial charge is 0.275 e. The van der Waals surface area contributed by atoms with Crippen molar-refractivity contribution in [2.24, 2.45) is 5.10 Å². The molecule has 0 spiro atoms. The van der Waals surface area contributed by atoms with Crippen molar-refractivity contribution in [1.82, 2.24) is 5.43 Å². The summed E-state index contributed by atoms with van der Waals surface area (Å²) in [6.07, 6.45) is 5.01. The van der Waals surface area contributed by atoms with E-state index in [0.717, 1.165) is 5.56 Å². The number of benzene rings is 2. The van der Waals surface area contributed by atoms with Crippen LogP contribution in [0.25, 0.3) is 6.08 Å². The monoisotopic (exact) mass is 300 g/mol. The second kappa shape index (κ2) is 7.26. The minimum absolute atomic E-state index is 0.0756. The van der Waals surface area contributed by atoms with Crippen molar-refractivity contribution in [2.45, 2.75) is 0 Å². The van der Waals surface area contributed by atoms with Crippen LogP contribution in [0.2, 0.25) is 5.02 Å². The molecule has 2 aromatic carbocycles. The van der Waals surface area contributed by atoms with Crippen molar-refractivity contribution in [3.63, 3.8) is 0 Å². The van der Waals surface area contributed by atoms with Gasteiger partial charge in [-0.25, -0.2) is 5.43 Å². The first-order valence-corrected chi connectivity index (χ1v) is 6.58. The second-order valence-corrected chi connectivity index (χ2v) is 4.59. The summed E-state index contributed by atoms with van der Waals surface area (Å²) >= 11 is 5.77. The molecule has 0 fully saturated rings. The Labute approximate surface area is 127 Å². The molecule has 0 aliphatic heterocycles. The highest BCUT2D eigenvalue weighted by atomic mass is 35.5. The summed E-state index contributed by atoms with van der Waals surface area (Å²) < 4.78 is 0. The number of hydrazone groups is 1. The second-order valence-electron chi connectivity index (χ2n) is 4.15. The molecule has 0 bridgehead atoms. The van der Waals surface area contributed by atoms with Crippen molar-refractivity contribution in [3.05, 3.63) is 70.8 Å². The number of rotatable bonds is 4. The summed E-state index contributed by atoms with van der Waals surface area (Å²) in [5.74, 6) is -0.675. The number of phenolic OH excluding ortho intramolecular Hbond substituents is 1. The van der Waals surface area contributed by atoms with E-state index < -0.39 is 5.91 Å². The molecule has 0 heterocycles. The van der Waals surface area contributed by atoms with Crippen molar-refractivity contribution in [3.8, 4) is 5.75 Å². The SMILES string of the molecule is O=C(N/N=C/C=C/c1ccccc1)c1cc(Cl)ccc1O. The van der Waals surface area contributed by atoms with Crippen LogP contribution in [0.5, 0.6) is 5.75 Å². The van der Waals surface area contributed by atoms with Crippen LogP contribution in [0.4, 0.5) is 0 Å². The Hall–Kier alpha value is -2.59. The first kappa shape index (κ1) is 14.8. The molecule has 0 unspecified atom stereocenters. The Bertz CT molecular complexity index is 682. The minimum Gasteiger partial charge on any atom is -0.507 e. The lowest BCUT2D eigenvalue weighted by Crippen LogP contribution is -2.17. The summed E-state index contributed by atoms with van der Waals surface area (Å²) in [6, 6.07) is 13.9. The highest BCUT2D eigenvalue weighted by molar-refractivity contribution is 6.31. The van der Waals surface area contributed by atoms with Gasteiger partial charge in [0.1, 0.15) is 5.75 Å². The summed E-state index contributed by atoms with van der Waals surface area (Å²) in [6.45, 7) is 0. The van der Waals surface area contributed by atoms with E-state index in [1.54, 1.807) is 6.08 Å². The predicted octanol–water partition coefficient (Wildman–Crippen LogP) is 3.47. The van der Waals surface area contributed by atoms with Crippen LogP contribution in [-0.2, 0) is 0 Å². The fraction of sp³-hybridized carbons (Fsp3) is 0. The van der Waals surface area contributed by atoms with Crippen molar-refractivity contribution in [2.75, 3.05) is 0 Å². The average molecular weight is 301 g/mol. The van der Waals surface area contributed by atoms with E-state index in [0.29, 0.717) is 5.02 Å². The quantitative estimate of drug-likeness (QED) is 0.671. The highest BCUT2D eigenvalue weighted by Crippen LogP contribution is 2.21. The topological polar surface area (TPSA) is 61.7 Å². The van der Waals surface area contributed by atoms with Gasteiger partial charge in [0.05, 0.1) is 5.56 Å². The zero-order valence-electron chi connectivity index (χ0n) is 11.0. The van der Waals surface area contributed by atoms with Crippen molar-refractivity contribution < 1.29 is 9.90 Å². The fourth-order valence-electron chi connectivity index (χ4n) is 1.61. The number of allylic oxidation sites excluding steroid dienone is 1. The van der Waals surface area contributed by atoms with Gasteiger partial charge < -0.3 is 5.11 Å². The molecule has 0 aromatic heterocycles. The van der Waals surface area contributed by atoms with E-state index in [1.807, 2.05) is 36.4 Å². The third kappa shape index (κ3) is 4.47. The molecule has 106 valence electrons. The van der Waals surface area contributed by atoms with Gasteiger partial charge in [-0.1, -0.05) is 48.0 Å². The zero-order chi connectivity index (χ0) is 15.1. The molecular weight excluding hydrogens is 288 g/mol. The Morgan fingerprint density at radius 3 is 2.71 bits per heavy atom. The van der Waals surface area contributed by atoms with E-state index in [9.17, 15) is 9.90 Å². The summed E-state index contributed by atoms with van der Waals surface area (Å²) in [5, 5.41) is 13.7. The molecule has 2 rings (SSSR count). The van der Waals surface area contributed by atoms with Crippen LogP contribution in [0, 0.1) is 0 Å². The molecular formula is C16H13ClN2O2. The van der Waals surface area contributed by atoms with Crippen molar-refractivity contribution in [1.29, 1.82) is 0 Å². The lowest BCUT2D eigenvalue weighted by Gasteiger charge is -2.02. The Morgan fingerprint density at radius 2 is 1.95 bits per heavy atom. The summed E-state index contributed by atoms with van der Waals surface area (Å²) in [7, 11) is 0. The number of phenols is 1. The molecule has 4 nitrogen and oxygen atoms in total. The molecule has 0 saturated heterocycles. The van der Waals surface area contributed by atoms with Gasteiger partial charge in [-0.3, -0.25) is 4.79 Å². The number of amides is 1. The van der Waals surface area contributed by atoms with Crippen LogP contribution in [0.1, 0.15) is 15.9 Å². The Balaban J connectivity index is 1.93. The summed E-state index contributed by atoms with van der Waals surface area (Å²) in [5.41, 5.74) is 3.42. The molecule has 2 N–H and O–H groups in total. The molecule has 0 aliphatic carbocycles. The highest BCUT2D eigenvalue weighted by Gasteiger charge is 2.10. The predicted molar refractivity (Wildman–Crippen MR) is 84.6 cm³/mol. The lowest BCUT2D eigenvalue weighted by molar-refractivity contribution is 0.0952. The number of halogens is 1. The van der Waals surface area contributed by atoms with E-state index in [4.69, 9.17) is 11.6 Å². The van der Waals surface area contributed by atoms with Gasteiger partial charge in [-0.2, -0.15) is 5.10 Å². The number of hydrogen-bond acceptors (Lipinski definition) is 3. The van der Waals surface area contributed by atoms with Crippen LogP contribution in [0.3, 0.4) is 0 Å². The van der Waals surface area contributed by atoms with Crippen LogP contribution in [0.15, 0.2) is 59.7 Å². The zero-order valence-corrected chi connectivity index (χ0v) is 11.8. The standard InChI is InChI=1S/C16H13ClN2O2/c17-13-8-9-15(20)14(11-13)16(21)19-18-10-4-7-12-5-2-1-3-6-12/h1-11,20H,(H,19,21)/b7-4+,18-10+. The molecule has 21 heavy (non-hydrogen) atoms. The lowest BCUT2D eigenvalue weighted by atomic mass is 10.2. The number of aromatic hydroxyl groups is 1. The maximum atomic E-state index is 11.8. The van der Waals surface area contributed by atoms with E-state index >= 15 is 0 Å². The maximum Gasteiger partial charge on any atom is 0.275 e. The number of hydrogen-bond donors (Lipinski definition) is 2. The van der Waals surface area contributed by atoms with Gasteiger partial charge in [0.2, 0.25) is 0 Å². The number of carbonyl (C=O) groups excluding carboxylic acids is 1. The Morgan fingerprint density at radius 1 is 1.19 bits per heavy atom. The third-order valence-electron chi connectivity index (χ3n) is 2.62. The van der Waals surface area contributed by atoms with Crippen LogP contribution >= 0.6 is 11.6 Å². The number of nitrogens with zero attached hydrogens (tertiary/aromatic N) is 1. The molecule has 5 heteroatoms. The van der Waals surface area contributed by atoms with E-state index in [1.165, 1.54) is 24.4 Å². The average Bonchev–Trinajstić information content (AvgIpc) is 2.50. The fourth-order valence-corrected chi connectivity index (χ4v) is 1.78. The minimum atomic E-state index is -0.528. The van der Waals surface area contributed by atoms with E-state index in [2.05, 4.69) is 10.5 Å². The molecule has 0 radical (unpaired) electrons. The van der Waals surface area contributed by atoms with Gasteiger partial charge in [0, 0.05) is 11.2 Å². The molecule has 0 atom stereocenters. The van der Waals surface area contributed by atoms with Gasteiger partial charge in [0.25, 0.3) is 5.91 Å². The van der Waals surface area contributed by atoms with Gasteiger partial charge in [0.15, 0.2) is 0 Å². The molecule has 0 aliphatic rings. The van der Waals surface area contributed by atoms with Crippen molar-refractivity contribution >= 4 is 29.8 Å². The normalized spacial score (nSPS) is 11.1. The van der Waals surface area contributed by atoms with Gasteiger partial charge in [-0.15, -0.1) is 0 Å². The van der Waals surface area contributed by atoms with Crippen LogP contribution < -0.4 is 5.43 Å². The molecule has 0 saturated carbocycles. The molecule has 2 aromatic rings. The number of nitrogens with one attached hydrogen (secondary N) is 1. The third-order valence-corrected chi connectivity index (χ3v) is 2.85. The van der Waals surface area contributed by atoms with Gasteiger partial charge >= 0.3 is 0 Å². The van der Waals surface area contributed by atoms with E-state index in [-0.39, 0.29) is 11.3 Å². The first-order valence-electron chi connectivity index (χ1n) is 6.20. The summed E-state index contributed by atoms with van der Waals surface area (Å²) in [4.78, 5) is 11.8. The van der Waals surface area contributed by atoms with Crippen LogP contribution in [-0.4, -0.2) is 17.2 Å².